The second-order valence-corrected chi connectivity index (χ2v) is 17.4. The summed E-state index contributed by atoms with van der Waals surface area (Å²) in [7, 11) is 0. The Kier molecular flexibility index (Phi) is 43.8. The van der Waals surface area contributed by atoms with Crippen LogP contribution in [0.25, 0.3) is 0 Å². The minimum Gasteiger partial charge on any atom is -0.325 e. The van der Waals surface area contributed by atoms with Crippen LogP contribution in [0.4, 0.5) is 0 Å². The lowest BCUT2D eigenvalue weighted by molar-refractivity contribution is 0.302. The van der Waals surface area contributed by atoms with Crippen molar-refractivity contribution in [2.75, 3.05) is 0 Å². The molecule has 0 bridgehead atoms. The number of unbranched alkanes of at least 4 members (excludes halogenated alkanes) is 37. The molecule has 0 amide bonds. The van der Waals surface area contributed by atoms with E-state index in [9.17, 15) is 0 Å². The van der Waals surface area contributed by atoms with Crippen molar-refractivity contribution in [2.24, 2.45) is 5.73 Å². The molecule has 0 spiro atoms. The fourth-order valence-corrected chi connectivity index (χ4v) is 8.27. The Morgan fingerprint density at radius 3 is 0.647 bits per heavy atom. The topological polar surface area (TPSA) is 26.0 Å². The first kappa shape index (κ1) is 50.7. The lowest BCUT2D eigenvalue weighted by Gasteiger charge is -2.30. The Labute approximate surface area is 325 Å². The summed E-state index contributed by atoms with van der Waals surface area (Å²) in [5, 5.41) is 0. The van der Waals surface area contributed by atoms with Gasteiger partial charge in [0, 0.05) is 5.54 Å². The summed E-state index contributed by atoms with van der Waals surface area (Å²) in [6, 6.07) is 0. The zero-order valence-electron chi connectivity index (χ0n) is 36.3. The Hall–Kier alpha value is -0.300. The van der Waals surface area contributed by atoms with Gasteiger partial charge in [0.1, 0.15) is 0 Å². The van der Waals surface area contributed by atoms with Gasteiger partial charge in [0.15, 0.2) is 0 Å². The number of allylic oxidation sites excluding steroid dienone is 2. The van der Waals surface area contributed by atoms with E-state index in [0.717, 1.165) is 0 Å². The molecule has 0 aromatic heterocycles. The van der Waals surface area contributed by atoms with Crippen molar-refractivity contribution in [2.45, 2.75) is 309 Å². The number of rotatable bonds is 45. The summed E-state index contributed by atoms with van der Waals surface area (Å²) >= 11 is 0. The molecule has 1 heteroatoms. The zero-order valence-corrected chi connectivity index (χ0v) is 36.3. The number of nitrogens with two attached hydrogens (primary N) is 1. The van der Waals surface area contributed by atoms with Gasteiger partial charge in [0.05, 0.1) is 0 Å². The van der Waals surface area contributed by atoms with Crippen molar-refractivity contribution in [3.05, 3.63) is 12.2 Å². The molecule has 0 heterocycles. The Balaban J connectivity index is 4.11. The average molecular weight is 716 g/mol. The molecule has 306 valence electrons. The van der Waals surface area contributed by atoms with E-state index in [1.807, 2.05) is 0 Å². The van der Waals surface area contributed by atoms with Crippen LogP contribution in [0.15, 0.2) is 12.2 Å². The quantitative estimate of drug-likeness (QED) is 0.0493. The molecule has 0 rings (SSSR count). The Morgan fingerprint density at radius 2 is 0.431 bits per heavy atom. The standard InChI is InChI=1S/C50H101N/c1-4-7-10-13-16-19-22-25-28-31-34-37-40-43-46-49-50(51,47-44-41-38-35-32-29-26-23-20-17-14-11-8-5-2)48-45-42-39-36-33-30-27-24-21-18-15-12-9-6-3/h25,28H,4-24,26-27,29-49,51H2,1-3H3/b28-25-. The van der Waals surface area contributed by atoms with Crippen LogP contribution >= 0.6 is 0 Å². The van der Waals surface area contributed by atoms with Crippen molar-refractivity contribution >= 4 is 0 Å². The van der Waals surface area contributed by atoms with E-state index in [1.54, 1.807) is 0 Å². The van der Waals surface area contributed by atoms with Gasteiger partial charge in [-0.2, -0.15) is 0 Å². The smallest absolute Gasteiger partial charge is 0.0154 e. The molecule has 0 radical (unpaired) electrons. The molecule has 0 unspecified atom stereocenters. The second kappa shape index (κ2) is 44.1. The van der Waals surface area contributed by atoms with Crippen LogP contribution in [0.1, 0.15) is 303 Å². The molecular formula is C50H101N. The van der Waals surface area contributed by atoms with E-state index in [4.69, 9.17) is 5.73 Å². The predicted molar refractivity (Wildman–Crippen MR) is 236 cm³/mol. The molecule has 0 atom stereocenters. The van der Waals surface area contributed by atoms with E-state index in [1.165, 1.54) is 283 Å². The maximum Gasteiger partial charge on any atom is 0.0154 e. The monoisotopic (exact) mass is 716 g/mol. The fraction of sp³-hybridized carbons (Fsp3) is 0.960. The van der Waals surface area contributed by atoms with E-state index in [2.05, 4.69) is 32.9 Å². The summed E-state index contributed by atoms with van der Waals surface area (Å²) in [6.45, 7) is 6.93. The summed E-state index contributed by atoms with van der Waals surface area (Å²) in [5.74, 6) is 0. The number of hydrogen-bond acceptors (Lipinski definition) is 1. The third kappa shape index (κ3) is 42.3. The minimum absolute atomic E-state index is 0.105. The predicted octanol–water partition coefficient (Wildman–Crippen LogP) is 18.5. The second-order valence-electron chi connectivity index (χ2n) is 17.4. The molecule has 2 N–H and O–H groups in total. The van der Waals surface area contributed by atoms with Gasteiger partial charge in [0.2, 0.25) is 0 Å². The van der Waals surface area contributed by atoms with Crippen LogP contribution in [0.5, 0.6) is 0 Å². The lowest BCUT2D eigenvalue weighted by Crippen LogP contribution is -2.39. The first-order chi connectivity index (χ1) is 25.2. The van der Waals surface area contributed by atoms with E-state index in [0.29, 0.717) is 0 Å². The van der Waals surface area contributed by atoms with Crippen molar-refractivity contribution in [3.63, 3.8) is 0 Å². The van der Waals surface area contributed by atoms with E-state index < -0.39 is 0 Å². The molecule has 0 aliphatic rings. The van der Waals surface area contributed by atoms with E-state index >= 15 is 0 Å². The molecule has 0 aromatic carbocycles. The molecule has 0 aromatic rings. The largest absolute Gasteiger partial charge is 0.325 e. The summed E-state index contributed by atoms with van der Waals surface area (Å²) in [6.07, 6.45) is 67.0. The Morgan fingerprint density at radius 1 is 0.255 bits per heavy atom. The molecule has 51 heavy (non-hydrogen) atoms. The highest BCUT2D eigenvalue weighted by Crippen LogP contribution is 2.27. The van der Waals surface area contributed by atoms with Crippen LogP contribution in [0.2, 0.25) is 0 Å². The molecule has 0 aliphatic heterocycles. The third-order valence-electron chi connectivity index (χ3n) is 12.0. The summed E-state index contributed by atoms with van der Waals surface area (Å²) in [4.78, 5) is 0. The van der Waals surface area contributed by atoms with Crippen LogP contribution < -0.4 is 5.73 Å². The molecule has 1 nitrogen and oxygen atoms in total. The van der Waals surface area contributed by atoms with Crippen molar-refractivity contribution in [3.8, 4) is 0 Å². The molecular weight excluding hydrogens is 615 g/mol. The van der Waals surface area contributed by atoms with E-state index in [-0.39, 0.29) is 5.54 Å². The van der Waals surface area contributed by atoms with Crippen molar-refractivity contribution < 1.29 is 0 Å². The highest BCUT2D eigenvalue weighted by atomic mass is 14.7. The number of hydrogen-bond donors (Lipinski definition) is 1. The maximum atomic E-state index is 7.24. The van der Waals surface area contributed by atoms with Gasteiger partial charge in [-0.05, 0) is 44.9 Å². The van der Waals surface area contributed by atoms with Gasteiger partial charge in [-0.3, -0.25) is 0 Å². The zero-order chi connectivity index (χ0) is 37.0. The maximum absolute atomic E-state index is 7.24. The van der Waals surface area contributed by atoms with Crippen LogP contribution in [-0.4, -0.2) is 5.54 Å². The van der Waals surface area contributed by atoms with Crippen LogP contribution in [-0.2, 0) is 0 Å². The molecule has 0 aliphatic carbocycles. The fourth-order valence-electron chi connectivity index (χ4n) is 8.27. The normalized spacial score (nSPS) is 12.2. The average Bonchev–Trinajstić information content (AvgIpc) is 3.13. The van der Waals surface area contributed by atoms with Crippen LogP contribution in [0, 0.1) is 0 Å². The molecule has 0 fully saturated rings. The highest BCUT2D eigenvalue weighted by molar-refractivity contribution is 4.84. The van der Waals surface area contributed by atoms with Gasteiger partial charge in [-0.1, -0.05) is 270 Å². The summed E-state index contributed by atoms with van der Waals surface area (Å²) < 4.78 is 0. The third-order valence-corrected chi connectivity index (χ3v) is 12.0. The first-order valence-corrected chi connectivity index (χ1v) is 24.6. The lowest BCUT2D eigenvalue weighted by atomic mass is 9.82. The van der Waals surface area contributed by atoms with Crippen molar-refractivity contribution in [1.82, 2.24) is 0 Å². The van der Waals surface area contributed by atoms with Gasteiger partial charge < -0.3 is 5.73 Å². The van der Waals surface area contributed by atoms with Crippen LogP contribution in [0.3, 0.4) is 0 Å². The van der Waals surface area contributed by atoms with Gasteiger partial charge >= 0.3 is 0 Å². The summed E-state index contributed by atoms with van der Waals surface area (Å²) in [5.41, 5.74) is 7.34. The first-order valence-electron chi connectivity index (χ1n) is 24.6. The Bertz CT molecular complexity index is 605. The van der Waals surface area contributed by atoms with Gasteiger partial charge in [-0.25, -0.2) is 0 Å². The molecule has 0 saturated heterocycles. The SMILES string of the molecule is CCCCCCCC/C=C\CCCCCCCC(N)(CCCCCCCCCCCCCCCC)CCCCCCCCCCCCCCCC. The molecule has 0 saturated carbocycles. The van der Waals surface area contributed by atoms with Gasteiger partial charge in [-0.15, -0.1) is 0 Å². The highest BCUT2D eigenvalue weighted by Gasteiger charge is 2.23. The van der Waals surface area contributed by atoms with Crippen molar-refractivity contribution in [1.29, 1.82) is 0 Å². The minimum atomic E-state index is 0.105. The van der Waals surface area contributed by atoms with Gasteiger partial charge in [0.25, 0.3) is 0 Å².